The largest absolute Gasteiger partial charge is 0.342 e. The topological polar surface area (TPSA) is 205 Å². The first-order chi connectivity index (χ1) is 54.8. The van der Waals surface area contributed by atoms with Gasteiger partial charge in [0.15, 0.2) is 27.3 Å². The zero-order chi connectivity index (χ0) is 93.3. The Morgan fingerprint density at radius 1 is 0.467 bits per heavy atom. The maximum atomic E-state index is 13.4. The van der Waals surface area contributed by atoms with Crippen molar-refractivity contribution >= 4 is 99.5 Å². The van der Waals surface area contributed by atoms with Gasteiger partial charge in [0.25, 0.3) is 5.91 Å². The number of hydrogen-bond donors (Lipinski definition) is 0. The Bertz CT molecular complexity index is 3870. The minimum atomic E-state index is -3.08. The van der Waals surface area contributed by atoms with Gasteiger partial charge in [0.05, 0.1) is 37.4 Å². The number of carbonyl (C=O) groups excluding carboxylic acids is 4. The highest BCUT2D eigenvalue weighted by atomic mass is 35.5. The molecular weight excluding hydrogens is 1670 g/mol. The van der Waals surface area contributed by atoms with E-state index in [4.69, 9.17) is 46.4 Å². The van der Waals surface area contributed by atoms with Crippen molar-refractivity contribution in [2.75, 3.05) is 55.9 Å². The molecule has 120 heavy (non-hydrogen) atoms. The van der Waals surface area contributed by atoms with Crippen LogP contribution in [0, 0.1) is 115 Å². The number of imide groups is 1. The third-order valence-corrected chi connectivity index (χ3v) is 23.1. The summed E-state index contributed by atoms with van der Waals surface area (Å²) < 4.78 is 117. The summed E-state index contributed by atoms with van der Waals surface area (Å²) in [5.41, 5.74) is 3.36. The number of fused-ring (bicyclic) bond motifs is 1. The van der Waals surface area contributed by atoms with Crippen LogP contribution in [0.2, 0.25) is 20.1 Å². The molecule has 8 rings (SSSR count). The molecule has 4 aromatic rings. The Morgan fingerprint density at radius 2 is 0.925 bits per heavy atom. The molecule has 0 saturated carbocycles. The van der Waals surface area contributed by atoms with Crippen molar-refractivity contribution in [2.24, 2.45) is 81.4 Å². The molecule has 4 aromatic carbocycles. The lowest BCUT2D eigenvalue weighted by molar-refractivity contribution is -0.139. The van der Waals surface area contributed by atoms with Crippen molar-refractivity contribution in [3.63, 3.8) is 0 Å². The number of amides is 4. The second-order valence-electron chi connectivity index (χ2n) is 34.8. The van der Waals surface area contributed by atoms with E-state index in [9.17, 15) is 62.0 Å². The van der Waals surface area contributed by atoms with Gasteiger partial charge in [-0.2, -0.15) is 5.11 Å². The molecule has 26 heteroatoms. The highest BCUT2D eigenvalue weighted by molar-refractivity contribution is 7.91. The summed E-state index contributed by atoms with van der Waals surface area (Å²) in [4.78, 5) is 48.8. The minimum absolute atomic E-state index is 0. The first kappa shape index (κ1) is 123. The van der Waals surface area contributed by atoms with E-state index in [1.807, 2.05) is 111 Å². The van der Waals surface area contributed by atoms with E-state index in [1.54, 1.807) is 32.9 Å². The van der Waals surface area contributed by atoms with Gasteiger partial charge < -0.3 is 4.90 Å². The second kappa shape index (κ2) is 64.5. The Morgan fingerprint density at radius 3 is 1.29 bits per heavy atom. The predicted octanol–water partition coefficient (Wildman–Crippen LogP) is 26.4. The van der Waals surface area contributed by atoms with Gasteiger partial charge >= 0.3 is 0 Å². The van der Waals surface area contributed by atoms with Crippen LogP contribution < -0.4 is 0 Å². The van der Waals surface area contributed by atoms with E-state index < -0.39 is 58.3 Å². The Balaban J connectivity index is -0.000000408. The molecule has 2 fully saturated rings. The number of sulfone groups is 3. The van der Waals surface area contributed by atoms with E-state index >= 15 is 0 Å². The molecule has 3 aliphatic heterocycles. The van der Waals surface area contributed by atoms with Crippen LogP contribution in [0.1, 0.15) is 266 Å². The van der Waals surface area contributed by atoms with Crippen LogP contribution in [-0.2, 0) is 68.0 Å². The second-order valence-corrected chi connectivity index (χ2v) is 43.0. The molecule has 4 amide bonds. The molecular formula is C94H157Cl4F4N5O10S3. The molecule has 0 radical (unpaired) electrons. The van der Waals surface area contributed by atoms with Gasteiger partial charge in [-0.05, 0) is 147 Å². The first-order valence-electron chi connectivity index (χ1n) is 42.3. The number of nitrogens with zero attached hydrogens (tertiary/aromatic N) is 5. The number of halogens is 8. The standard InChI is InChI=1S/C11H12Cl4.C11H12F4.C11H15N3O.C11H16O2S.C10H14.C8H13NO2.C8H15NO.C7H16.C6H14.C5H12O2S.C3H8O2S.C2H6.CH4/c2*1-5(2)4-7-8(12)6(3)9(13)11(15)10(7)14;1-8(2)7-14-11(15)9-5-3-4-6-10(9)12-13-14;1-9(2)8-14(12,13)11-6-4-10(3)5-7-11;1-9(2)8-10-6-4-3-5-7-10;1-6(2)5-9-7(10)3-4-8(9)11;1-7(2)6-9-5-3-4-8(9)10;1-6(2)5-7(3)4;1-4-5-6(2)3;1-5(2)4-8(3,6)7;1-3-6(2,4)5;1-2;/h2*5H,4H2,1-3H3;3-6,8-10H,7H2,1-2H3;4-7,9H,8H2,1-3H3;3-7,9H,8H2,1-2H3;6H,3-5H2,1-2H3;7H,3-6H2,1-2H3;6-7H,5H2,1-4H3;6H,4-5H2,1-3H3;5H,4H2,1-3H3;3H2,1-2H3;1-2H3;1H4. The SMILES string of the molecule is C.CC.CC(C)CC(C)C.CC(C)CN1C(=O)CCC1=O.CC(C)CN1CCCC1=O.CC(C)CN1N=NC2C=CC=CC2C1=O.CC(C)CS(C)(=O)=O.CC(C)Cc1ccccc1.CCCC(C)C.CCS(C)(=O)=O.Cc1c(Cl)c(Cl)c(Cl)c(CC(C)C)c1Cl.Cc1c(F)c(F)c(F)c(CC(C)C)c1F.Cc1ccc(S(=O)(=O)CC(C)C)cc1. The van der Waals surface area contributed by atoms with E-state index in [0.717, 1.165) is 79.6 Å². The van der Waals surface area contributed by atoms with Crippen molar-refractivity contribution in [1.82, 2.24) is 14.8 Å². The van der Waals surface area contributed by atoms with Gasteiger partial charge in [-0.15, -0.1) is 0 Å². The molecule has 0 aromatic heterocycles. The average Bonchev–Trinajstić information content (AvgIpc) is 0.886. The number of hydrogen-bond acceptors (Lipinski definition) is 12. The Labute approximate surface area is 747 Å². The third-order valence-electron chi connectivity index (χ3n) is 16.7. The fraction of sp³-hybridized carbons (Fsp3) is 0.660. The normalized spacial score (nSPS) is 14.6. The van der Waals surface area contributed by atoms with Gasteiger partial charge in [0.1, 0.15) is 31.5 Å². The first-order valence-corrected chi connectivity index (χ1v) is 49.6. The Hall–Kier alpha value is -5.23. The summed E-state index contributed by atoms with van der Waals surface area (Å²) in [7, 11) is -8.46. The van der Waals surface area contributed by atoms with Gasteiger partial charge in [0, 0.05) is 79.9 Å². The van der Waals surface area contributed by atoms with Crippen molar-refractivity contribution < 1.29 is 62.0 Å². The summed E-state index contributed by atoms with van der Waals surface area (Å²) in [5, 5.41) is 11.5. The fourth-order valence-corrected chi connectivity index (χ4v) is 15.5. The minimum Gasteiger partial charge on any atom is -0.342 e. The molecule has 2 unspecified atom stereocenters. The van der Waals surface area contributed by atoms with Crippen molar-refractivity contribution in [2.45, 2.75) is 283 Å². The lowest BCUT2D eigenvalue weighted by atomic mass is 9.94. The number of likely N-dealkylation sites (tertiary alicyclic amines) is 2. The number of allylic oxidation sites excluding steroid dienone is 2. The summed E-state index contributed by atoms with van der Waals surface area (Å²) in [6.45, 7) is 61.6. The molecule has 4 aliphatic rings. The molecule has 2 atom stereocenters. The lowest BCUT2D eigenvalue weighted by Crippen LogP contribution is -2.41. The number of benzene rings is 4. The van der Waals surface area contributed by atoms with Crippen molar-refractivity contribution in [3.05, 3.63) is 156 Å². The molecule has 692 valence electrons. The quantitative estimate of drug-likeness (QED) is 0.0315. The van der Waals surface area contributed by atoms with E-state index in [0.29, 0.717) is 86.2 Å². The summed E-state index contributed by atoms with van der Waals surface area (Å²) in [6, 6.07) is 17.5. The maximum absolute atomic E-state index is 13.4. The van der Waals surface area contributed by atoms with Crippen LogP contribution in [0.25, 0.3) is 0 Å². The van der Waals surface area contributed by atoms with Crippen LogP contribution in [-0.4, -0.2) is 126 Å². The highest BCUT2D eigenvalue weighted by Gasteiger charge is 2.34. The van der Waals surface area contributed by atoms with E-state index in [2.05, 4.69) is 145 Å². The molecule has 2 saturated heterocycles. The smallest absolute Gasteiger partial charge is 0.253 e. The predicted molar refractivity (Wildman–Crippen MR) is 503 cm³/mol. The van der Waals surface area contributed by atoms with Gasteiger partial charge in [0.2, 0.25) is 17.7 Å². The van der Waals surface area contributed by atoms with Gasteiger partial charge in [-0.1, -0.05) is 324 Å². The molecule has 1 aliphatic carbocycles. The zero-order valence-electron chi connectivity index (χ0n) is 78.1. The van der Waals surface area contributed by atoms with Crippen LogP contribution >= 0.6 is 46.4 Å². The molecule has 15 nitrogen and oxygen atoms in total. The van der Waals surface area contributed by atoms with Gasteiger partial charge in [-0.25, -0.2) is 47.8 Å². The van der Waals surface area contributed by atoms with Crippen LogP contribution in [0.15, 0.2) is 94.1 Å². The lowest BCUT2D eigenvalue weighted by Gasteiger charge is -2.29. The zero-order valence-corrected chi connectivity index (χ0v) is 83.6. The Kier molecular flexibility index (Phi) is 66.3. The average molecular weight is 1830 g/mol. The third kappa shape index (κ3) is 56.6. The van der Waals surface area contributed by atoms with Crippen LogP contribution in [0.5, 0.6) is 0 Å². The summed E-state index contributed by atoms with van der Waals surface area (Å²) in [5.74, 6) is 1.23. The van der Waals surface area contributed by atoms with Gasteiger partial charge in [-0.3, -0.25) is 24.1 Å². The summed E-state index contributed by atoms with van der Waals surface area (Å²) in [6.07, 6.45) is 18.9. The fourth-order valence-electron chi connectivity index (χ4n) is 11.6. The number of rotatable bonds is 22. The molecule has 0 bridgehead atoms. The summed E-state index contributed by atoms with van der Waals surface area (Å²) >= 11 is 24.3. The van der Waals surface area contributed by atoms with E-state index in [-0.39, 0.29) is 78.4 Å². The molecule has 3 heterocycles. The van der Waals surface area contributed by atoms with Crippen LogP contribution in [0.4, 0.5) is 17.6 Å². The van der Waals surface area contributed by atoms with E-state index in [1.165, 1.54) is 53.7 Å². The molecule has 0 N–H and O–H groups in total. The number of carbonyl (C=O) groups is 4. The monoisotopic (exact) mass is 1830 g/mol. The highest BCUT2D eigenvalue weighted by Crippen LogP contribution is 2.42. The molecule has 0 spiro atoms. The number of aryl methyl sites for hydroxylation is 1. The van der Waals surface area contributed by atoms with Crippen LogP contribution in [0.3, 0.4) is 0 Å². The van der Waals surface area contributed by atoms with Crippen molar-refractivity contribution in [3.8, 4) is 0 Å². The van der Waals surface area contributed by atoms with Crippen molar-refractivity contribution in [1.29, 1.82) is 0 Å². The maximum Gasteiger partial charge on any atom is 0.253 e.